The Bertz CT molecular complexity index is 848. The molecule has 0 bridgehead atoms. The van der Waals surface area contributed by atoms with E-state index in [0.717, 1.165) is 46.8 Å². The number of aromatic nitrogens is 3. The van der Waals surface area contributed by atoms with Crippen molar-refractivity contribution >= 4 is 48.5 Å². The number of piperidine rings is 1. The van der Waals surface area contributed by atoms with E-state index >= 15 is 0 Å². The molecule has 24 heavy (non-hydrogen) atoms. The van der Waals surface area contributed by atoms with E-state index in [0.29, 0.717) is 0 Å². The van der Waals surface area contributed by atoms with Crippen LogP contribution in [0.4, 0.5) is 0 Å². The lowest BCUT2D eigenvalue weighted by molar-refractivity contribution is 0.333. The summed E-state index contributed by atoms with van der Waals surface area (Å²) in [4.78, 5) is 9.56. The molecule has 4 heterocycles. The van der Waals surface area contributed by atoms with Gasteiger partial charge in [-0.15, -0.1) is 11.3 Å². The average molecular weight is 407 g/mol. The van der Waals surface area contributed by atoms with E-state index in [1.54, 1.807) is 11.3 Å². The van der Waals surface area contributed by atoms with E-state index in [1.807, 2.05) is 6.20 Å². The molecule has 0 aromatic carbocycles. The molecule has 0 unspecified atom stereocenters. The van der Waals surface area contributed by atoms with Crippen LogP contribution >= 0.6 is 27.3 Å². The van der Waals surface area contributed by atoms with Crippen LogP contribution in [0.5, 0.6) is 0 Å². The average Bonchev–Trinajstić information content (AvgIpc) is 3.13. The maximum absolute atomic E-state index is 4.95. The molecule has 1 fully saturated rings. The van der Waals surface area contributed by atoms with E-state index < -0.39 is 0 Å². The summed E-state index contributed by atoms with van der Waals surface area (Å²) in [5.74, 6) is 1.99. The van der Waals surface area contributed by atoms with Gasteiger partial charge in [-0.05, 0) is 60.3 Å². The summed E-state index contributed by atoms with van der Waals surface area (Å²) in [6.07, 6.45) is 7.93. The maximum atomic E-state index is 4.95. The minimum absolute atomic E-state index is 0.746. The summed E-state index contributed by atoms with van der Waals surface area (Å²) in [6.45, 7) is 5.62. The fourth-order valence-corrected chi connectivity index (χ4v) is 5.24. The van der Waals surface area contributed by atoms with Crippen molar-refractivity contribution in [1.29, 1.82) is 0 Å². The molecule has 0 spiro atoms. The lowest BCUT2D eigenvalue weighted by atomic mass is 9.98. The second kappa shape index (κ2) is 7.10. The van der Waals surface area contributed by atoms with Gasteiger partial charge in [0.25, 0.3) is 0 Å². The van der Waals surface area contributed by atoms with E-state index in [4.69, 9.17) is 4.98 Å². The first-order chi connectivity index (χ1) is 11.8. The number of nitrogens with one attached hydrogen (secondary N) is 1. The van der Waals surface area contributed by atoms with Gasteiger partial charge >= 0.3 is 0 Å². The third kappa shape index (κ3) is 3.11. The molecule has 1 aliphatic heterocycles. The van der Waals surface area contributed by atoms with E-state index in [-0.39, 0.29) is 0 Å². The van der Waals surface area contributed by atoms with Crippen molar-refractivity contribution in [1.82, 2.24) is 19.9 Å². The van der Waals surface area contributed by atoms with Gasteiger partial charge in [0.05, 0.1) is 25.7 Å². The molecule has 0 radical (unpaired) electrons. The molecule has 0 aliphatic carbocycles. The predicted octanol–water partition coefficient (Wildman–Crippen LogP) is 4.75. The first-order valence-corrected chi connectivity index (χ1v) is 10.5. The molecule has 6 heteroatoms. The van der Waals surface area contributed by atoms with Gasteiger partial charge < -0.3 is 9.88 Å². The van der Waals surface area contributed by atoms with Gasteiger partial charge in [0.2, 0.25) is 0 Å². The topological polar surface area (TPSA) is 42.7 Å². The van der Waals surface area contributed by atoms with Gasteiger partial charge in [-0.3, -0.25) is 4.98 Å². The summed E-state index contributed by atoms with van der Waals surface area (Å²) in [7, 11) is 0. The minimum atomic E-state index is 0.746. The normalized spacial score (nSPS) is 16.4. The Kier molecular flexibility index (Phi) is 4.88. The number of unbranched alkanes of at least 4 members (excludes halogenated alkanes) is 1. The Labute approximate surface area is 154 Å². The van der Waals surface area contributed by atoms with Crippen LogP contribution in [0.25, 0.3) is 21.3 Å². The van der Waals surface area contributed by atoms with Crippen molar-refractivity contribution in [2.24, 2.45) is 5.92 Å². The molecule has 1 saturated heterocycles. The number of hydrogen-bond acceptors (Lipinski definition) is 4. The number of nitrogens with zero attached hydrogens (tertiary/aromatic N) is 3. The number of pyridine rings is 1. The largest absolute Gasteiger partial charge is 0.326 e. The zero-order valence-corrected chi connectivity index (χ0v) is 16.4. The van der Waals surface area contributed by atoms with Crippen LogP contribution in [0.15, 0.2) is 16.0 Å². The molecule has 1 N–H and O–H groups in total. The molecule has 4 nitrogen and oxygen atoms in total. The highest BCUT2D eigenvalue weighted by molar-refractivity contribution is 9.11. The van der Waals surface area contributed by atoms with Crippen LogP contribution in [0, 0.1) is 5.92 Å². The van der Waals surface area contributed by atoms with E-state index in [9.17, 15) is 0 Å². The smallest absolute Gasteiger partial charge is 0.109 e. The Balaban J connectivity index is 1.82. The van der Waals surface area contributed by atoms with Crippen LogP contribution in [0.1, 0.15) is 38.4 Å². The second-order valence-electron chi connectivity index (χ2n) is 6.69. The number of thiophene rings is 1. The first-order valence-electron chi connectivity index (χ1n) is 8.90. The van der Waals surface area contributed by atoms with Crippen molar-refractivity contribution in [3.8, 4) is 0 Å². The molecule has 3 aromatic rings. The van der Waals surface area contributed by atoms with Crippen molar-refractivity contribution in [3.63, 3.8) is 0 Å². The Hall–Kier alpha value is -0.980. The van der Waals surface area contributed by atoms with Gasteiger partial charge in [-0.1, -0.05) is 13.3 Å². The summed E-state index contributed by atoms with van der Waals surface area (Å²) in [6, 6.07) is 2.12. The zero-order chi connectivity index (χ0) is 16.5. The van der Waals surface area contributed by atoms with Gasteiger partial charge in [0.1, 0.15) is 11.3 Å². The standard InChI is InChI=1S/C18H23BrN4S/c1-2-3-4-16-22-14-10-21-13-9-15(19)24-18(13)17(14)23(16)11-12-5-7-20-8-6-12/h9-10,12,20H,2-8,11H2,1H3. The molecule has 0 saturated carbocycles. The van der Waals surface area contributed by atoms with Gasteiger partial charge in [-0.2, -0.15) is 0 Å². The minimum Gasteiger partial charge on any atom is -0.326 e. The van der Waals surface area contributed by atoms with E-state index in [1.165, 1.54) is 41.7 Å². The highest BCUT2D eigenvalue weighted by Gasteiger charge is 2.20. The van der Waals surface area contributed by atoms with E-state index in [2.05, 4.69) is 43.8 Å². The van der Waals surface area contributed by atoms with Gasteiger partial charge in [0.15, 0.2) is 0 Å². The number of hydrogen-bond donors (Lipinski definition) is 1. The van der Waals surface area contributed by atoms with Gasteiger partial charge in [0, 0.05) is 13.0 Å². The first kappa shape index (κ1) is 16.5. The highest BCUT2D eigenvalue weighted by Crippen LogP contribution is 2.35. The van der Waals surface area contributed by atoms with Crippen LogP contribution in [-0.2, 0) is 13.0 Å². The molecule has 128 valence electrons. The Morgan fingerprint density at radius 1 is 1.33 bits per heavy atom. The summed E-state index contributed by atoms with van der Waals surface area (Å²) >= 11 is 5.40. The van der Waals surface area contributed by atoms with Crippen LogP contribution in [-0.4, -0.2) is 27.6 Å². The fraction of sp³-hybridized carbons (Fsp3) is 0.556. The predicted molar refractivity (Wildman–Crippen MR) is 105 cm³/mol. The zero-order valence-electron chi connectivity index (χ0n) is 14.0. The molecule has 0 amide bonds. The van der Waals surface area contributed by atoms with Crippen molar-refractivity contribution < 1.29 is 0 Å². The highest BCUT2D eigenvalue weighted by atomic mass is 79.9. The molecule has 3 aromatic heterocycles. The Morgan fingerprint density at radius 3 is 2.96 bits per heavy atom. The summed E-state index contributed by atoms with van der Waals surface area (Å²) < 4.78 is 4.92. The SMILES string of the molecule is CCCCc1nc2cnc3cc(Br)sc3c2n1CC1CCNCC1. The molecule has 0 atom stereocenters. The second-order valence-corrected chi connectivity index (χ2v) is 9.12. The third-order valence-electron chi connectivity index (χ3n) is 4.95. The number of halogens is 1. The number of imidazole rings is 1. The third-order valence-corrected chi connectivity index (χ3v) is 6.58. The summed E-state index contributed by atoms with van der Waals surface area (Å²) in [5.41, 5.74) is 3.42. The van der Waals surface area contributed by atoms with Crippen LogP contribution < -0.4 is 5.32 Å². The van der Waals surface area contributed by atoms with Crippen molar-refractivity contribution in [2.75, 3.05) is 13.1 Å². The lowest BCUT2D eigenvalue weighted by Gasteiger charge is -2.24. The molecular formula is C18H23BrN4S. The van der Waals surface area contributed by atoms with Crippen molar-refractivity contribution in [2.45, 2.75) is 45.6 Å². The number of rotatable bonds is 5. The molecule has 4 rings (SSSR count). The fourth-order valence-electron chi connectivity index (χ4n) is 3.64. The molecular weight excluding hydrogens is 384 g/mol. The Morgan fingerprint density at radius 2 is 2.17 bits per heavy atom. The lowest BCUT2D eigenvalue weighted by Crippen LogP contribution is -2.30. The van der Waals surface area contributed by atoms with Crippen LogP contribution in [0.2, 0.25) is 0 Å². The number of aryl methyl sites for hydroxylation is 1. The monoisotopic (exact) mass is 406 g/mol. The quantitative estimate of drug-likeness (QED) is 0.664. The summed E-state index contributed by atoms with van der Waals surface area (Å²) in [5, 5.41) is 3.47. The molecule has 1 aliphatic rings. The van der Waals surface area contributed by atoms with Crippen LogP contribution in [0.3, 0.4) is 0 Å². The maximum Gasteiger partial charge on any atom is 0.109 e. The van der Waals surface area contributed by atoms with Crippen molar-refractivity contribution in [3.05, 3.63) is 21.9 Å². The number of fused-ring (bicyclic) bond motifs is 3. The van der Waals surface area contributed by atoms with Gasteiger partial charge in [-0.25, -0.2) is 4.98 Å².